The van der Waals surface area contributed by atoms with Crippen molar-refractivity contribution >= 4 is 38.9 Å². The molecule has 1 aromatic carbocycles. The minimum atomic E-state index is -3.69. The Morgan fingerprint density at radius 1 is 0.968 bits per heavy atom. The molecule has 2 fully saturated rings. The number of hydrogen-bond acceptors (Lipinski definition) is 5. The van der Waals surface area contributed by atoms with Crippen LogP contribution >= 0.6 is 11.3 Å². The van der Waals surface area contributed by atoms with E-state index in [2.05, 4.69) is 5.32 Å². The topological polar surface area (TPSA) is 86.8 Å². The lowest BCUT2D eigenvalue weighted by Crippen LogP contribution is -2.44. The summed E-state index contributed by atoms with van der Waals surface area (Å²) < 4.78 is 27.7. The van der Waals surface area contributed by atoms with Gasteiger partial charge in [-0.25, -0.2) is 8.42 Å². The maximum atomic E-state index is 13.3. The number of carbonyl (C=O) groups excluding carboxylic acids is 2. The van der Waals surface area contributed by atoms with Crippen LogP contribution in [0.5, 0.6) is 0 Å². The van der Waals surface area contributed by atoms with Crippen LogP contribution in [0.3, 0.4) is 0 Å². The lowest BCUT2D eigenvalue weighted by molar-refractivity contribution is -0.121. The quantitative estimate of drug-likeness (QED) is 0.739. The summed E-state index contributed by atoms with van der Waals surface area (Å²) in [5.74, 6) is -0.737. The van der Waals surface area contributed by atoms with Crippen LogP contribution in [-0.4, -0.2) is 55.6 Å². The van der Waals surface area contributed by atoms with Gasteiger partial charge in [0.25, 0.3) is 5.91 Å². The van der Waals surface area contributed by atoms with Gasteiger partial charge in [-0.05, 0) is 49.3 Å². The van der Waals surface area contributed by atoms with E-state index in [-0.39, 0.29) is 27.5 Å². The molecule has 4 rings (SSSR count). The highest BCUT2D eigenvalue weighted by Gasteiger charge is 2.35. The first-order valence-corrected chi connectivity index (χ1v) is 13.0. The van der Waals surface area contributed by atoms with Crippen LogP contribution in [0.4, 0.5) is 5.69 Å². The first kappa shape index (κ1) is 22.0. The summed E-state index contributed by atoms with van der Waals surface area (Å²) in [7, 11) is -3.69. The van der Waals surface area contributed by atoms with Gasteiger partial charge >= 0.3 is 0 Å². The fourth-order valence-corrected chi connectivity index (χ4v) is 7.07. The molecule has 0 spiro atoms. The molecule has 31 heavy (non-hydrogen) atoms. The molecule has 0 saturated carbocycles. The van der Waals surface area contributed by atoms with E-state index >= 15 is 0 Å². The number of thiophene rings is 1. The molecule has 1 atom stereocenters. The third-order valence-electron chi connectivity index (χ3n) is 5.88. The van der Waals surface area contributed by atoms with Gasteiger partial charge in [0, 0.05) is 31.9 Å². The second-order valence-corrected chi connectivity index (χ2v) is 10.8. The minimum absolute atomic E-state index is 0.0975. The Morgan fingerprint density at radius 3 is 2.45 bits per heavy atom. The van der Waals surface area contributed by atoms with Crippen LogP contribution in [0.25, 0.3) is 0 Å². The zero-order valence-electron chi connectivity index (χ0n) is 17.3. The normalized spacial score (nSPS) is 20.4. The maximum Gasteiger partial charge on any atom is 0.265 e. The molecule has 0 radical (unpaired) electrons. The number of nitrogens with one attached hydrogen (secondary N) is 1. The molecule has 2 aliphatic heterocycles. The standard InChI is InChI=1S/C22H27N3O4S2/c26-21(23-18-9-3-1-4-10-18)17-8-7-12-24(16-17)22(27)20-19(11-15-30-20)31(28,29)25-13-5-2-6-14-25/h1,3-4,9-11,15,17H,2,5-8,12-14,16H2,(H,23,26). The Hall–Kier alpha value is -2.23. The van der Waals surface area contributed by atoms with E-state index in [1.54, 1.807) is 10.3 Å². The van der Waals surface area contributed by atoms with Crippen LogP contribution < -0.4 is 5.32 Å². The van der Waals surface area contributed by atoms with Crippen molar-refractivity contribution in [3.8, 4) is 0 Å². The van der Waals surface area contributed by atoms with Crippen molar-refractivity contribution in [2.45, 2.75) is 37.0 Å². The highest BCUT2D eigenvalue weighted by molar-refractivity contribution is 7.89. The predicted molar refractivity (Wildman–Crippen MR) is 121 cm³/mol. The Labute approximate surface area is 187 Å². The summed E-state index contributed by atoms with van der Waals surface area (Å²) in [4.78, 5) is 27.9. The number of carbonyl (C=O) groups is 2. The van der Waals surface area contributed by atoms with E-state index < -0.39 is 10.0 Å². The van der Waals surface area contributed by atoms with Gasteiger partial charge in [0.2, 0.25) is 15.9 Å². The monoisotopic (exact) mass is 461 g/mol. The van der Waals surface area contributed by atoms with Crippen molar-refractivity contribution in [2.24, 2.45) is 5.92 Å². The number of amides is 2. The highest BCUT2D eigenvalue weighted by atomic mass is 32.2. The number of para-hydroxylation sites is 1. The molecule has 9 heteroatoms. The van der Waals surface area contributed by atoms with Gasteiger partial charge in [-0.2, -0.15) is 4.31 Å². The lowest BCUT2D eigenvalue weighted by atomic mass is 9.97. The Balaban J connectivity index is 1.47. The molecule has 0 bridgehead atoms. The number of rotatable bonds is 5. The molecule has 1 aromatic heterocycles. The number of hydrogen-bond donors (Lipinski definition) is 1. The first-order chi connectivity index (χ1) is 15.0. The lowest BCUT2D eigenvalue weighted by Gasteiger charge is -2.32. The molecule has 2 aromatic rings. The molecule has 7 nitrogen and oxygen atoms in total. The van der Waals surface area contributed by atoms with E-state index in [9.17, 15) is 18.0 Å². The number of nitrogens with zero attached hydrogens (tertiary/aromatic N) is 2. The van der Waals surface area contributed by atoms with Gasteiger partial charge in [0.1, 0.15) is 9.77 Å². The van der Waals surface area contributed by atoms with E-state index in [0.717, 1.165) is 36.3 Å². The van der Waals surface area contributed by atoms with Crippen LogP contribution in [0, 0.1) is 5.92 Å². The van der Waals surface area contributed by atoms with Crippen molar-refractivity contribution in [3.05, 3.63) is 46.7 Å². The van der Waals surface area contributed by atoms with Crippen LogP contribution in [0.1, 0.15) is 41.8 Å². The Kier molecular flexibility index (Phi) is 6.74. The molecular formula is C22H27N3O4S2. The van der Waals surface area contributed by atoms with E-state index in [1.165, 1.54) is 10.4 Å². The van der Waals surface area contributed by atoms with Gasteiger partial charge in [0.05, 0.1) is 5.92 Å². The van der Waals surface area contributed by atoms with Crippen molar-refractivity contribution in [2.75, 3.05) is 31.5 Å². The average molecular weight is 462 g/mol. The second kappa shape index (κ2) is 9.50. The number of sulfonamides is 1. The summed E-state index contributed by atoms with van der Waals surface area (Å²) in [6, 6.07) is 10.8. The summed E-state index contributed by atoms with van der Waals surface area (Å²) >= 11 is 1.16. The average Bonchev–Trinajstić information content (AvgIpc) is 3.31. The Bertz CT molecular complexity index is 1030. The smallest absolute Gasteiger partial charge is 0.265 e. The molecule has 0 aliphatic carbocycles. The summed E-state index contributed by atoms with van der Waals surface area (Å²) in [5.41, 5.74) is 0.726. The van der Waals surface area contributed by atoms with Gasteiger partial charge in [-0.3, -0.25) is 9.59 Å². The molecule has 2 aliphatic rings. The number of piperidine rings is 2. The van der Waals surface area contributed by atoms with Crippen molar-refractivity contribution in [3.63, 3.8) is 0 Å². The second-order valence-electron chi connectivity index (χ2n) is 8.02. The summed E-state index contributed by atoms with van der Waals surface area (Å²) in [5, 5.41) is 4.57. The van der Waals surface area contributed by atoms with Crippen LogP contribution in [-0.2, 0) is 14.8 Å². The fourth-order valence-electron chi connectivity index (χ4n) is 4.19. The SMILES string of the molecule is O=C(Nc1ccccc1)C1CCCN(C(=O)c2sccc2S(=O)(=O)N2CCCCC2)C1. The molecule has 1 N–H and O–H groups in total. The zero-order chi connectivity index (χ0) is 21.8. The number of likely N-dealkylation sites (tertiary alicyclic amines) is 1. The van der Waals surface area contributed by atoms with E-state index in [1.807, 2.05) is 30.3 Å². The molecule has 2 amide bonds. The molecule has 1 unspecified atom stereocenters. The largest absolute Gasteiger partial charge is 0.337 e. The molecule has 166 valence electrons. The van der Waals surface area contributed by atoms with Gasteiger partial charge < -0.3 is 10.2 Å². The van der Waals surface area contributed by atoms with Gasteiger partial charge in [0.15, 0.2) is 0 Å². The van der Waals surface area contributed by atoms with E-state index in [0.29, 0.717) is 39.0 Å². The highest BCUT2D eigenvalue weighted by Crippen LogP contribution is 2.30. The van der Waals surface area contributed by atoms with E-state index in [4.69, 9.17) is 0 Å². The number of benzene rings is 1. The van der Waals surface area contributed by atoms with Gasteiger partial charge in [-0.15, -0.1) is 11.3 Å². The van der Waals surface area contributed by atoms with Crippen molar-refractivity contribution < 1.29 is 18.0 Å². The predicted octanol–water partition coefficient (Wildman–Crippen LogP) is 3.41. The summed E-state index contributed by atoms with van der Waals surface area (Å²) in [6.07, 6.45) is 4.12. The molecule has 3 heterocycles. The Morgan fingerprint density at radius 2 is 1.71 bits per heavy atom. The van der Waals surface area contributed by atoms with Crippen molar-refractivity contribution in [1.29, 1.82) is 0 Å². The fraction of sp³-hybridized carbons (Fsp3) is 0.455. The van der Waals surface area contributed by atoms with Gasteiger partial charge in [-0.1, -0.05) is 24.6 Å². The third kappa shape index (κ3) is 4.83. The third-order valence-corrected chi connectivity index (χ3v) is 8.85. The maximum absolute atomic E-state index is 13.3. The molecular weight excluding hydrogens is 434 g/mol. The van der Waals surface area contributed by atoms with Crippen LogP contribution in [0.2, 0.25) is 0 Å². The number of anilines is 1. The summed E-state index contributed by atoms with van der Waals surface area (Å²) in [6.45, 7) is 1.81. The van der Waals surface area contributed by atoms with Crippen molar-refractivity contribution in [1.82, 2.24) is 9.21 Å². The molecule has 2 saturated heterocycles. The minimum Gasteiger partial charge on any atom is -0.337 e. The zero-order valence-corrected chi connectivity index (χ0v) is 19.0. The van der Waals surface area contributed by atoms with Crippen LogP contribution in [0.15, 0.2) is 46.7 Å². The first-order valence-electron chi connectivity index (χ1n) is 10.7.